The largest absolute Gasteiger partial charge is 0.354 e. The normalized spacial score (nSPS) is 11.9. The van der Waals surface area contributed by atoms with Crippen LogP contribution in [0.2, 0.25) is 0 Å². The highest BCUT2D eigenvalue weighted by atomic mass is 32.2. The standard InChI is InChI=1S/C35H38FN3O4S/c1-3-4-23-37-35(41)33(24-28-11-7-5-8-12-28)38(25-29-17-19-30(36)20-18-29)34(40)26-39(31-21-15-27(2)16-22-31)44(42,43)32-13-9-6-10-14-32/h5-22,33H,3-4,23-26H2,1-2H3,(H,37,41). The van der Waals surface area contributed by atoms with E-state index in [1.54, 1.807) is 54.6 Å². The third-order valence-electron chi connectivity index (χ3n) is 7.30. The van der Waals surface area contributed by atoms with Gasteiger partial charge >= 0.3 is 0 Å². The van der Waals surface area contributed by atoms with Crippen molar-refractivity contribution in [2.75, 3.05) is 17.4 Å². The number of benzene rings is 4. The van der Waals surface area contributed by atoms with Crippen LogP contribution in [-0.2, 0) is 32.6 Å². The van der Waals surface area contributed by atoms with Gasteiger partial charge in [-0.25, -0.2) is 12.8 Å². The van der Waals surface area contributed by atoms with Gasteiger partial charge in [0.25, 0.3) is 10.0 Å². The molecule has 230 valence electrons. The number of halogens is 1. The molecular weight excluding hydrogens is 577 g/mol. The molecule has 1 N–H and O–H groups in total. The Kier molecular flexibility index (Phi) is 11.3. The Balaban J connectivity index is 1.77. The van der Waals surface area contributed by atoms with Gasteiger partial charge in [-0.05, 0) is 60.9 Å². The first-order valence-corrected chi connectivity index (χ1v) is 16.1. The molecule has 0 saturated carbocycles. The molecule has 0 radical (unpaired) electrons. The summed E-state index contributed by atoms with van der Waals surface area (Å²) < 4.78 is 42.8. The predicted molar refractivity (Wildman–Crippen MR) is 171 cm³/mol. The van der Waals surface area contributed by atoms with Crippen LogP contribution in [0.15, 0.2) is 114 Å². The van der Waals surface area contributed by atoms with Gasteiger partial charge in [0, 0.05) is 19.5 Å². The van der Waals surface area contributed by atoms with E-state index in [4.69, 9.17) is 0 Å². The van der Waals surface area contributed by atoms with Crippen LogP contribution in [0, 0.1) is 12.7 Å². The maximum absolute atomic E-state index is 14.4. The van der Waals surface area contributed by atoms with E-state index in [1.807, 2.05) is 44.2 Å². The van der Waals surface area contributed by atoms with Crippen molar-refractivity contribution < 1.29 is 22.4 Å². The maximum atomic E-state index is 14.4. The summed E-state index contributed by atoms with van der Waals surface area (Å²) >= 11 is 0. The SMILES string of the molecule is CCCCNC(=O)C(Cc1ccccc1)N(Cc1ccc(F)cc1)C(=O)CN(c1ccc(C)cc1)S(=O)(=O)c1ccccc1. The zero-order chi connectivity index (χ0) is 31.5. The zero-order valence-electron chi connectivity index (χ0n) is 25.0. The van der Waals surface area contributed by atoms with Crippen LogP contribution in [0.3, 0.4) is 0 Å². The molecule has 0 aromatic heterocycles. The van der Waals surface area contributed by atoms with Crippen molar-refractivity contribution in [1.29, 1.82) is 0 Å². The summed E-state index contributed by atoms with van der Waals surface area (Å²) in [5, 5.41) is 2.96. The molecule has 0 bridgehead atoms. The lowest BCUT2D eigenvalue weighted by Gasteiger charge is -2.34. The number of anilines is 1. The fourth-order valence-electron chi connectivity index (χ4n) is 4.81. The van der Waals surface area contributed by atoms with E-state index in [2.05, 4.69) is 5.32 Å². The van der Waals surface area contributed by atoms with E-state index in [0.29, 0.717) is 17.8 Å². The van der Waals surface area contributed by atoms with Gasteiger partial charge in [0.15, 0.2) is 0 Å². The minimum atomic E-state index is -4.16. The Morgan fingerprint density at radius 2 is 1.43 bits per heavy atom. The molecule has 44 heavy (non-hydrogen) atoms. The van der Waals surface area contributed by atoms with Gasteiger partial charge in [0.1, 0.15) is 18.4 Å². The minimum absolute atomic E-state index is 0.0229. The number of amides is 2. The number of hydrogen-bond acceptors (Lipinski definition) is 4. The highest BCUT2D eigenvalue weighted by molar-refractivity contribution is 7.92. The van der Waals surface area contributed by atoms with Crippen LogP contribution in [-0.4, -0.2) is 44.3 Å². The quantitative estimate of drug-likeness (QED) is 0.179. The van der Waals surface area contributed by atoms with Crippen LogP contribution in [0.1, 0.15) is 36.5 Å². The average molecular weight is 616 g/mol. The second-order valence-corrected chi connectivity index (χ2v) is 12.5. The summed E-state index contributed by atoms with van der Waals surface area (Å²) in [5.74, 6) is -1.34. The van der Waals surface area contributed by atoms with E-state index >= 15 is 0 Å². The third kappa shape index (κ3) is 8.54. The first-order chi connectivity index (χ1) is 21.2. The molecule has 0 spiro atoms. The van der Waals surface area contributed by atoms with Gasteiger partial charge in [0.2, 0.25) is 11.8 Å². The third-order valence-corrected chi connectivity index (χ3v) is 9.09. The zero-order valence-corrected chi connectivity index (χ0v) is 25.8. The maximum Gasteiger partial charge on any atom is 0.264 e. The van der Waals surface area contributed by atoms with E-state index in [1.165, 1.54) is 29.2 Å². The van der Waals surface area contributed by atoms with Crippen molar-refractivity contribution >= 4 is 27.5 Å². The number of sulfonamides is 1. The summed E-state index contributed by atoms with van der Waals surface area (Å²) in [4.78, 5) is 29.5. The van der Waals surface area contributed by atoms with Crippen LogP contribution in [0.5, 0.6) is 0 Å². The summed E-state index contributed by atoms with van der Waals surface area (Å²) in [5.41, 5.74) is 2.70. The van der Waals surface area contributed by atoms with Gasteiger partial charge in [-0.15, -0.1) is 0 Å². The number of carbonyl (C=O) groups excluding carboxylic acids is 2. The molecule has 0 fully saturated rings. The Morgan fingerprint density at radius 1 is 0.818 bits per heavy atom. The number of unbranched alkanes of at least 4 members (excludes halogenated alkanes) is 1. The number of rotatable bonds is 14. The molecule has 7 nitrogen and oxygen atoms in total. The Hall–Kier alpha value is -4.50. The average Bonchev–Trinajstić information content (AvgIpc) is 3.03. The molecule has 4 aromatic rings. The molecule has 9 heteroatoms. The monoisotopic (exact) mass is 615 g/mol. The minimum Gasteiger partial charge on any atom is -0.354 e. The molecule has 0 heterocycles. The van der Waals surface area contributed by atoms with Crippen molar-refractivity contribution in [1.82, 2.24) is 10.2 Å². The topological polar surface area (TPSA) is 86.8 Å². The Morgan fingerprint density at radius 3 is 2.05 bits per heavy atom. The lowest BCUT2D eigenvalue weighted by atomic mass is 10.0. The lowest BCUT2D eigenvalue weighted by molar-refractivity contribution is -0.140. The highest BCUT2D eigenvalue weighted by Gasteiger charge is 2.34. The number of carbonyl (C=O) groups is 2. The van der Waals surface area contributed by atoms with Gasteiger partial charge in [0.05, 0.1) is 10.6 Å². The molecule has 4 rings (SSSR count). The fourth-order valence-corrected chi connectivity index (χ4v) is 6.24. The second-order valence-electron chi connectivity index (χ2n) is 10.7. The van der Waals surface area contributed by atoms with Crippen molar-refractivity contribution in [2.24, 2.45) is 0 Å². The molecule has 4 aromatic carbocycles. The first kappa shape index (κ1) is 32.4. The Bertz CT molecular complexity index is 1610. The number of aryl methyl sites for hydroxylation is 1. The lowest BCUT2D eigenvalue weighted by Crippen LogP contribution is -2.53. The fraction of sp³-hybridized carbons (Fsp3) is 0.257. The molecule has 1 atom stereocenters. The van der Waals surface area contributed by atoms with Gasteiger partial charge < -0.3 is 10.2 Å². The summed E-state index contributed by atoms with van der Waals surface area (Å²) in [6.07, 6.45) is 1.86. The molecular formula is C35H38FN3O4S. The van der Waals surface area contributed by atoms with E-state index in [-0.39, 0.29) is 23.8 Å². The smallest absolute Gasteiger partial charge is 0.264 e. The molecule has 0 saturated heterocycles. The molecule has 0 aliphatic carbocycles. The van der Waals surface area contributed by atoms with E-state index in [9.17, 15) is 22.4 Å². The van der Waals surface area contributed by atoms with E-state index < -0.39 is 34.3 Å². The molecule has 2 amide bonds. The van der Waals surface area contributed by atoms with Crippen LogP contribution >= 0.6 is 0 Å². The van der Waals surface area contributed by atoms with Crippen molar-refractivity contribution in [3.63, 3.8) is 0 Å². The molecule has 0 aliphatic heterocycles. The molecule has 0 aliphatic rings. The van der Waals surface area contributed by atoms with Gasteiger partial charge in [-0.2, -0.15) is 0 Å². The van der Waals surface area contributed by atoms with Crippen LogP contribution in [0.25, 0.3) is 0 Å². The van der Waals surface area contributed by atoms with Crippen molar-refractivity contribution in [3.05, 3.63) is 132 Å². The van der Waals surface area contributed by atoms with Crippen LogP contribution in [0.4, 0.5) is 10.1 Å². The summed E-state index contributed by atoms with van der Waals surface area (Å²) in [6, 6.07) is 28.9. The van der Waals surface area contributed by atoms with Crippen LogP contribution < -0.4 is 9.62 Å². The van der Waals surface area contributed by atoms with Gasteiger partial charge in [-0.3, -0.25) is 13.9 Å². The van der Waals surface area contributed by atoms with Crippen molar-refractivity contribution in [3.8, 4) is 0 Å². The molecule has 1 unspecified atom stereocenters. The Labute approximate surface area is 259 Å². The summed E-state index contributed by atoms with van der Waals surface area (Å²) in [7, 11) is -4.16. The summed E-state index contributed by atoms with van der Waals surface area (Å²) in [6.45, 7) is 3.78. The predicted octanol–water partition coefficient (Wildman–Crippen LogP) is 5.89. The number of nitrogens with one attached hydrogen (secondary N) is 1. The second kappa shape index (κ2) is 15.3. The van der Waals surface area contributed by atoms with E-state index in [0.717, 1.165) is 28.3 Å². The highest BCUT2D eigenvalue weighted by Crippen LogP contribution is 2.25. The first-order valence-electron chi connectivity index (χ1n) is 14.7. The van der Waals surface area contributed by atoms with Gasteiger partial charge in [-0.1, -0.05) is 91.7 Å². The number of nitrogens with zero attached hydrogens (tertiary/aromatic N) is 2. The van der Waals surface area contributed by atoms with Crippen molar-refractivity contribution in [2.45, 2.75) is 50.6 Å². The number of hydrogen-bond donors (Lipinski definition) is 1.